The van der Waals surface area contributed by atoms with Crippen LogP contribution in [0.25, 0.3) is 43.5 Å². The summed E-state index contributed by atoms with van der Waals surface area (Å²) >= 11 is 0. The van der Waals surface area contributed by atoms with Crippen molar-refractivity contribution in [1.82, 2.24) is 0 Å². The zero-order chi connectivity index (χ0) is 26.1. The Morgan fingerprint density at radius 1 is 0.684 bits per heavy atom. The third-order valence-corrected chi connectivity index (χ3v) is 9.24. The van der Waals surface area contributed by atoms with Crippen LogP contribution in [0.1, 0.15) is 38.8 Å². The minimum Gasteiger partial charge on any atom is -0.408 e. The van der Waals surface area contributed by atoms with Gasteiger partial charge in [-0.1, -0.05) is 103 Å². The van der Waals surface area contributed by atoms with Crippen LogP contribution in [0.15, 0.2) is 124 Å². The van der Waals surface area contributed by atoms with Crippen molar-refractivity contribution in [3.05, 3.63) is 121 Å². The predicted molar refractivity (Wildman–Crippen MR) is 163 cm³/mol. The molecule has 0 bridgehead atoms. The quantitative estimate of drug-likeness (QED) is 0.206. The first-order valence-corrected chi connectivity index (χ1v) is 14.4. The SMILES string of the molecule is C/C=C\C[C@H](C)N([C@@H](C)c1ccccc1)p1oc2ccc3ccccc3c2c2c(ccc3ccccc32)o1. The highest BCUT2D eigenvalue weighted by atomic mass is 31.1. The third kappa shape index (κ3) is 4.43. The summed E-state index contributed by atoms with van der Waals surface area (Å²) in [5.74, 6) is 0. The average Bonchev–Trinajstić information content (AvgIpc) is 3.13. The van der Waals surface area contributed by atoms with Crippen LogP contribution in [-0.4, -0.2) is 6.04 Å². The lowest BCUT2D eigenvalue weighted by Gasteiger charge is -2.31. The Bertz CT molecular complexity index is 1710. The number of hydrogen-bond donors (Lipinski definition) is 0. The molecule has 0 fully saturated rings. The Hall–Kier alpha value is -3.78. The van der Waals surface area contributed by atoms with Gasteiger partial charge in [0.25, 0.3) is 0 Å². The van der Waals surface area contributed by atoms with Crippen LogP contribution in [0.2, 0.25) is 0 Å². The van der Waals surface area contributed by atoms with Crippen molar-refractivity contribution in [2.75, 3.05) is 4.67 Å². The minimum atomic E-state index is -1.47. The highest BCUT2D eigenvalue weighted by Crippen LogP contribution is 2.45. The summed E-state index contributed by atoms with van der Waals surface area (Å²) in [6.07, 6.45) is 5.26. The van der Waals surface area contributed by atoms with Gasteiger partial charge < -0.3 is 8.39 Å². The molecule has 3 nitrogen and oxygen atoms in total. The molecule has 1 aromatic heterocycles. The number of hydrogen-bond acceptors (Lipinski definition) is 3. The van der Waals surface area contributed by atoms with Crippen molar-refractivity contribution >= 4 is 51.6 Å². The minimum absolute atomic E-state index is 0.105. The normalized spacial score (nSPS) is 13.7. The molecular weight excluding hydrogens is 485 g/mol. The van der Waals surface area contributed by atoms with Gasteiger partial charge in [0.05, 0.1) is 0 Å². The molecule has 0 aliphatic carbocycles. The summed E-state index contributed by atoms with van der Waals surface area (Å²) < 4.78 is 16.3. The van der Waals surface area contributed by atoms with Crippen LogP contribution in [0.5, 0.6) is 0 Å². The van der Waals surface area contributed by atoms with Crippen molar-refractivity contribution < 1.29 is 8.39 Å². The number of fused-ring (bicyclic) bond motifs is 7. The van der Waals surface area contributed by atoms with Crippen LogP contribution in [0.4, 0.5) is 0 Å². The molecule has 190 valence electrons. The summed E-state index contributed by atoms with van der Waals surface area (Å²) in [7, 11) is -1.47. The first-order chi connectivity index (χ1) is 18.7. The highest BCUT2D eigenvalue weighted by molar-refractivity contribution is 7.39. The van der Waals surface area contributed by atoms with Gasteiger partial charge in [-0.05, 0) is 66.4 Å². The lowest BCUT2D eigenvalue weighted by Crippen LogP contribution is -2.32. The van der Waals surface area contributed by atoms with E-state index in [0.29, 0.717) is 0 Å². The maximum atomic E-state index is 6.95. The molecule has 0 saturated heterocycles. The summed E-state index contributed by atoms with van der Waals surface area (Å²) in [5, 5.41) is 6.94. The zero-order valence-electron chi connectivity index (χ0n) is 22.0. The van der Waals surface area contributed by atoms with Crippen molar-refractivity contribution in [2.24, 2.45) is 0 Å². The second-order valence-corrected chi connectivity index (χ2v) is 11.2. The van der Waals surface area contributed by atoms with Crippen molar-refractivity contribution in [3.8, 4) is 0 Å². The molecule has 6 rings (SSSR count). The molecule has 4 heteroatoms. The van der Waals surface area contributed by atoms with E-state index in [1.807, 2.05) is 0 Å². The molecule has 0 N–H and O–H groups in total. The topological polar surface area (TPSA) is 29.5 Å². The molecule has 0 unspecified atom stereocenters. The number of nitrogens with zero attached hydrogens (tertiary/aromatic N) is 1. The molecule has 0 spiro atoms. The average molecular weight is 518 g/mol. The van der Waals surface area contributed by atoms with Gasteiger partial charge in [0.2, 0.25) is 0 Å². The molecule has 38 heavy (non-hydrogen) atoms. The molecule has 0 saturated carbocycles. The van der Waals surface area contributed by atoms with E-state index in [2.05, 4.69) is 141 Å². The maximum Gasteiger partial charge on any atom is 0.310 e. The van der Waals surface area contributed by atoms with Crippen LogP contribution in [0.3, 0.4) is 0 Å². The molecule has 1 heterocycles. The Labute approximate surface area is 224 Å². The van der Waals surface area contributed by atoms with E-state index in [4.69, 9.17) is 8.39 Å². The fraction of sp³-hybridized carbons (Fsp3) is 0.176. The van der Waals surface area contributed by atoms with Gasteiger partial charge in [-0.25, -0.2) is 0 Å². The second-order valence-electron chi connectivity index (χ2n) is 9.86. The number of rotatable bonds is 6. The van der Waals surface area contributed by atoms with E-state index in [9.17, 15) is 0 Å². The first kappa shape index (κ1) is 24.6. The van der Waals surface area contributed by atoms with E-state index in [1.165, 1.54) is 27.1 Å². The van der Waals surface area contributed by atoms with Gasteiger partial charge in [0, 0.05) is 22.9 Å². The van der Waals surface area contributed by atoms with Gasteiger partial charge in [-0.3, -0.25) is 0 Å². The monoisotopic (exact) mass is 517 g/mol. The summed E-state index contributed by atoms with van der Waals surface area (Å²) in [4.78, 5) is 0. The first-order valence-electron chi connectivity index (χ1n) is 13.3. The lowest BCUT2D eigenvalue weighted by molar-refractivity contribution is 0.549. The summed E-state index contributed by atoms with van der Waals surface area (Å²) in [6, 6.07) is 36.6. The molecule has 0 aliphatic rings. The van der Waals surface area contributed by atoms with Gasteiger partial charge >= 0.3 is 8.16 Å². The largest absolute Gasteiger partial charge is 0.408 e. The molecule has 0 aliphatic heterocycles. The fourth-order valence-electron chi connectivity index (χ4n) is 5.46. The van der Waals surface area contributed by atoms with Gasteiger partial charge in [0.1, 0.15) is 11.2 Å². The van der Waals surface area contributed by atoms with E-state index < -0.39 is 8.16 Å². The summed E-state index contributed by atoms with van der Waals surface area (Å²) in [5.41, 5.74) is 2.98. The Kier molecular flexibility index (Phi) is 6.81. The van der Waals surface area contributed by atoms with Crippen molar-refractivity contribution in [1.29, 1.82) is 0 Å². The number of benzene rings is 5. The Balaban J connectivity index is 1.72. The van der Waals surface area contributed by atoms with Crippen LogP contribution in [-0.2, 0) is 0 Å². The van der Waals surface area contributed by atoms with Crippen LogP contribution in [0, 0.1) is 0 Å². The zero-order valence-corrected chi connectivity index (χ0v) is 22.9. The van der Waals surface area contributed by atoms with Crippen LogP contribution >= 0.6 is 8.16 Å². The van der Waals surface area contributed by atoms with E-state index in [-0.39, 0.29) is 12.1 Å². The predicted octanol–water partition coefficient (Wildman–Crippen LogP) is 10.7. The number of allylic oxidation sites excluding steroid dienone is 1. The smallest absolute Gasteiger partial charge is 0.310 e. The summed E-state index contributed by atoms with van der Waals surface area (Å²) in [6.45, 7) is 6.59. The molecule has 0 amide bonds. The van der Waals surface area contributed by atoms with Gasteiger partial charge in [-0.2, -0.15) is 4.67 Å². The molecule has 5 aromatic carbocycles. The van der Waals surface area contributed by atoms with Crippen LogP contribution < -0.4 is 4.67 Å². The maximum absolute atomic E-state index is 6.95. The van der Waals surface area contributed by atoms with Crippen molar-refractivity contribution in [3.63, 3.8) is 0 Å². The highest BCUT2D eigenvalue weighted by Gasteiger charge is 2.27. The molecule has 2 atom stereocenters. The fourth-order valence-corrected chi connectivity index (χ4v) is 7.16. The van der Waals surface area contributed by atoms with Crippen molar-refractivity contribution in [2.45, 2.75) is 39.3 Å². The molecule has 6 aromatic rings. The Morgan fingerprint density at radius 2 is 1.21 bits per heavy atom. The third-order valence-electron chi connectivity index (χ3n) is 7.42. The van der Waals surface area contributed by atoms with E-state index >= 15 is 0 Å². The lowest BCUT2D eigenvalue weighted by atomic mass is 9.99. The Morgan fingerprint density at radius 3 is 1.76 bits per heavy atom. The van der Waals surface area contributed by atoms with Gasteiger partial charge in [0.15, 0.2) is 0 Å². The second kappa shape index (κ2) is 10.5. The van der Waals surface area contributed by atoms with Gasteiger partial charge in [-0.15, -0.1) is 0 Å². The molecule has 0 radical (unpaired) electrons. The van der Waals surface area contributed by atoms with E-state index in [0.717, 1.165) is 28.4 Å². The van der Waals surface area contributed by atoms with E-state index in [1.54, 1.807) is 0 Å². The standard InChI is InChI=1S/C34H32NO2P/c1-4-5-13-24(2)35(25(3)26-14-7-6-8-15-26)38-36-31-22-20-27-16-9-11-18-29(27)33(31)34-30-19-12-10-17-28(30)21-23-32(34)37-38/h4-12,14-25H,13H2,1-3H3/b5-4-/t24-,25-/m0/s1. The molecular formula is C34H32NO2P.